The van der Waals surface area contributed by atoms with Gasteiger partial charge in [-0.05, 0) is 43.7 Å². The number of hydrogen-bond acceptors (Lipinski definition) is 5. The molecule has 0 atom stereocenters. The van der Waals surface area contributed by atoms with Gasteiger partial charge in [-0.25, -0.2) is 21.5 Å². The minimum atomic E-state index is -3.66. The number of ether oxygens (including phenoxy) is 1. The van der Waals surface area contributed by atoms with Crippen molar-refractivity contribution in [1.82, 2.24) is 8.87 Å². The Hall–Kier alpha value is -2.47. The number of carbonyl (C=O) groups excluding carboxylic acids is 1. The molecule has 11 heteroatoms. The van der Waals surface area contributed by atoms with E-state index in [1.54, 1.807) is 0 Å². The van der Waals surface area contributed by atoms with Gasteiger partial charge in [0.2, 0.25) is 10.0 Å². The number of benzene rings is 2. The molecule has 0 aliphatic rings. The van der Waals surface area contributed by atoms with Crippen molar-refractivity contribution >= 4 is 37.5 Å². The summed E-state index contributed by atoms with van der Waals surface area (Å²) in [6.45, 7) is 5.16. The number of nitrogens with zero attached hydrogens (tertiary/aromatic N) is 3. The monoisotopic (exact) mass is 511 g/mol. The van der Waals surface area contributed by atoms with E-state index in [-0.39, 0.29) is 33.9 Å². The van der Waals surface area contributed by atoms with Gasteiger partial charge in [0, 0.05) is 38.4 Å². The van der Waals surface area contributed by atoms with E-state index in [1.165, 1.54) is 46.3 Å². The van der Waals surface area contributed by atoms with Crippen LogP contribution in [0.2, 0.25) is 0 Å². The van der Waals surface area contributed by atoms with Crippen LogP contribution < -0.4 is 4.80 Å². The van der Waals surface area contributed by atoms with Gasteiger partial charge in [-0.15, -0.1) is 0 Å². The first-order valence-electron chi connectivity index (χ1n) is 10.9. The molecule has 0 fully saturated rings. The smallest absolute Gasteiger partial charge is 0.279 e. The summed E-state index contributed by atoms with van der Waals surface area (Å²) in [7, 11) is -2.14. The number of unbranched alkanes of at least 4 members (excludes halogenated alkanes) is 1. The van der Waals surface area contributed by atoms with Crippen LogP contribution in [-0.2, 0) is 21.3 Å². The maximum atomic E-state index is 14.5. The van der Waals surface area contributed by atoms with Crippen LogP contribution in [0.5, 0.6) is 0 Å². The third-order valence-electron chi connectivity index (χ3n) is 5.19. The van der Waals surface area contributed by atoms with Crippen LogP contribution >= 0.6 is 11.3 Å². The van der Waals surface area contributed by atoms with Crippen molar-refractivity contribution in [3.8, 4) is 0 Å². The van der Waals surface area contributed by atoms with Crippen molar-refractivity contribution in [3.05, 3.63) is 58.4 Å². The summed E-state index contributed by atoms with van der Waals surface area (Å²) in [5.41, 5.74) is 0.324. The number of sulfonamides is 1. The molecule has 3 aromatic rings. The van der Waals surface area contributed by atoms with Crippen molar-refractivity contribution in [2.24, 2.45) is 4.99 Å². The zero-order chi connectivity index (χ0) is 24.9. The number of carbonyl (C=O) groups is 1. The number of halogens is 2. The van der Waals surface area contributed by atoms with Gasteiger partial charge in [0.05, 0.1) is 21.7 Å². The van der Waals surface area contributed by atoms with E-state index < -0.39 is 27.6 Å². The highest BCUT2D eigenvalue weighted by molar-refractivity contribution is 7.89. The molecule has 0 aliphatic carbocycles. The van der Waals surface area contributed by atoms with Crippen molar-refractivity contribution in [2.75, 3.05) is 26.8 Å². The topological polar surface area (TPSA) is 81.0 Å². The van der Waals surface area contributed by atoms with E-state index in [2.05, 4.69) is 4.99 Å². The van der Waals surface area contributed by atoms with Gasteiger partial charge in [-0.1, -0.05) is 24.7 Å². The molecule has 0 spiro atoms. The molecule has 34 heavy (non-hydrogen) atoms. The lowest BCUT2D eigenvalue weighted by Gasteiger charge is -2.16. The molecular weight excluding hydrogens is 484 g/mol. The van der Waals surface area contributed by atoms with Crippen molar-refractivity contribution in [2.45, 2.75) is 38.1 Å². The van der Waals surface area contributed by atoms with Gasteiger partial charge in [0.1, 0.15) is 5.82 Å². The summed E-state index contributed by atoms with van der Waals surface area (Å²) >= 11 is 0.990. The average Bonchev–Trinajstić information content (AvgIpc) is 3.14. The number of rotatable bonds is 10. The summed E-state index contributed by atoms with van der Waals surface area (Å²) < 4.78 is 62.0. The van der Waals surface area contributed by atoms with Crippen LogP contribution in [-0.4, -0.2) is 50.0 Å². The third kappa shape index (κ3) is 5.77. The maximum Gasteiger partial charge on any atom is 0.279 e. The fourth-order valence-corrected chi connectivity index (χ4v) is 5.63. The molecule has 1 aromatic heterocycles. The Morgan fingerprint density at radius 3 is 2.53 bits per heavy atom. The fraction of sp³-hybridized carbons (Fsp3) is 0.391. The van der Waals surface area contributed by atoms with E-state index in [0.29, 0.717) is 17.9 Å². The number of thiazole rings is 1. The van der Waals surface area contributed by atoms with Gasteiger partial charge < -0.3 is 9.30 Å². The zero-order valence-corrected chi connectivity index (χ0v) is 20.9. The van der Waals surface area contributed by atoms with Gasteiger partial charge in [-0.3, -0.25) is 4.79 Å². The number of fused-ring (bicyclic) bond motifs is 1. The highest BCUT2D eigenvalue weighted by Crippen LogP contribution is 2.23. The number of aromatic nitrogens is 1. The van der Waals surface area contributed by atoms with E-state index in [9.17, 15) is 22.0 Å². The first-order valence-corrected chi connectivity index (χ1v) is 13.2. The van der Waals surface area contributed by atoms with Crippen molar-refractivity contribution in [1.29, 1.82) is 0 Å². The Kier molecular flexibility index (Phi) is 8.69. The lowest BCUT2D eigenvalue weighted by atomic mass is 10.2. The number of amides is 1. The SMILES string of the molecule is CCCCN(C)S(=O)(=O)c1ccc(C(=O)N=c2sc3cc(F)cc(F)c3n2CCOCC)cc1. The Bertz CT molecular complexity index is 1330. The molecule has 0 unspecified atom stereocenters. The standard InChI is InChI=1S/C23H27F2N3O4S2/c1-4-6-11-27(3)34(30,31)18-9-7-16(8-10-18)22(29)26-23-28(12-13-32-5-2)21-19(25)14-17(24)15-20(21)33-23/h7-10,14-15H,4-6,11-13H2,1-3H3. The highest BCUT2D eigenvalue weighted by atomic mass is 32.2. The molecule has 1 amide bonds. The molecule has 0 aliphatic heterocycles. The lowest BCUT2D eigenvalue weighted by Crippen LogP contribution is -2.27. The second-order valence-corrected chi connectivity index (χ2v) is 10.6. The van der Waals surface area contributed by atoms with Gasteiger partial charge >= 0.3 is 0 Å². The van der Waals surface area contributed by atoms with Crippen LogP contribution in [0.25, 0.3) is 10.2 Å². The molecule has 0 bridgehead atoms. The molecule has 0 radical (unpaired) electrons. The second-order valence-electron chi connectivity index (χ2n) is 7.59. The fourth-order valence-electron chi connectivity index (χ4n) is 3.32. The molecule has 2 aromatic carbocycles. The molecule has 3 rings (SSSR count). The van der Waals surface area contributed by atoms with Crippen LogP contribution in [0.4, 0.5) is 8.78 Å². The van der Waals surface area contributed by atoms with Gasteiger partial charge in [0.15, 0.2) is 10.6 Å². The van der Waals surface area contributed by atoms with Gasteiger partial charge in [0.25, 0.3) is 5.91 Å². The summed E-state index contributed by atoms with van der Waals surface area (Å²) in [5.74, 6) is -2.10. The van der Waals surface area contributed by atoms with Gasteiger partial charge in [-0.2, -0.15) is 4.99 Å². The maximum absolute atomic E-state index is 14.5. The summed E-state index contributed by atoms with van der Waals surface area (Å²) in [6, 6.07) is 7.50. The predicted octanol–water partition coefficient (Wildman–Crippen LogP) is 4.18. The van der Waals surface area contributed by atoms with E-state index >= 15 is 0 Å². The molecule has 7 nitrogen and oxygen atoms in total. The molecule has 0 N–H and O–H groups in total. The minimum Gasteiger partial charge on any atom is -0.380 e. The third-order valence-corrected chi connectivity index (χ3v) is 8.09. The van der Waals surface area contributed by atoms with Crippen LogP contribution in [0, 0.1) is 11.6 Å². The van der Waals surface area contributed by atoms with E-state index in [4.69, 9.17) is 4.74 Å². The molecule has 0 saturated carbocycles. The Morgan fingerprint density at radius 2 is 1.88 bits per heavy atom. The molecule has 1 heterocycles. The highest BCUT2D eigenvalue weighted by Gasteiger charge is 2.21. The van der Waals surface area contributed by atoms with Crippen LogP contribution in [0.15, 0.2) is 46.3 Å². The Balaban J connectivity index is 1.95. The molecule has 0 saturated heterocycles. The first-order chi connectivity index (χ1) is 16.2. The summed E-state index contributed by atoms with van der Waals surface area (Å²) in [4.78, 5) is 17.2. The lowest BCUT2D eigenvalue weighted by molar-refractivity contribution is 0.0996. The van der Waals surface area contributed by atoms with E-state index in [1.807, 2.05) is 13.8 Å². The molecule has 184 valence electrons. The Labute approximate surface area is 201 Å². The second kappa shape index (κ2) is 11.3. The van der Waals surface area contributed by atoms with Crippen molar-refractivity contribution < 1.29 is 26.7 Å². The number of hydrogen-bond donors (Lipinski definition) is 0. The van der Waals surface area contributed by atoms with E-state index in [0.717, 1.165) is 30.2 Å². The Morgan fingerprint density at radius 1 is 1.18 bits per heavy atom. The van der Waals surface area contributed by atoms with Crippen LogP contribution in [0.1, 0.15) is 37.0 Å². The summed E-state index contributed by atoms with van der Waals surface area (Å²) in [6.07, 6.45) is 1.61. The van der Waals surface area contributed by atoms with Crippen LogP contribution in [0.3, 0.4) is 0 Å². The first kappa shape index (κ1) is 26.1. The quantitative estimate of drug-likeness (QED) is 0.383. The van der Waals surface area contributed by atoms with Crippen molar-refractivity contribution in [3.63, 3.8) is 0 Å². The predicted molar refractivity (Wildman–Crippen MR) is 127 cm³/mol. The largest absolute Gasteiger partial charge is 0.380 e. The zero-order valence-electron chi connectivity index (χ0n) is 19.3. The summed E-state index contributed by atoms with van der Waals surface area (Å²) in [5, 5.41) is 0. The molecular formula is C23H27F2N3O4S2. The normalized spacial score (nSPS) is 12.7. The minimum absolute atomic E-state index is 0.0776. The average molecular weight is 512 g/mol.